The van der Waals surface area contributed by atoms with E-state index in [1.165, 1.54) is 32.1 Å². The van der Waals surface area contributed by atoms with Crippen molar-refractivity contribution in [3.05, 3.63) is 29.8 Å². The third kappa shape index (κ3) is 6.30. The summed E-state index contributed by atoms with van der Waals surface area (Å²) in [6.07, 6.45) is 9.35. The molecule has 1 saturated carbocycles. The number of benzene rings is 1. The molecule has 0 atom stereocenters. The molecule has 3 rings (SSSR count). The first-order chi connectivity index (χ1) is 13.1. The second-order valence-corrected chi connectivity index (χ2v) is 9.60. The fraction of sp³-hybridized carbons (Fsp3) is 0.727. The van der Waals surface area contributed by atoms with E-state index < -0.39 is 10.0 Å². The van der Waals surface area contributed by atoms with Gasteiger partial charge in [-0.2, -0.15) is 4.31 Å². The van der Waals surface area contributed by atoms with E-state index in [2.05, 4.69) is 5.32 Å². The summed E-state index contributed by atoms with van der Waals surface area (Å²) in [5, 5.41) is 3.35. The zero-order valence-corrected chi connectivity index (χ0v) is 18.2. The van der Waals surface area contributed by atoms with Gasteiger partial charge in [0.2, 0.25) is 10.0 Å². The fourth-order valence-electron chi connectivity index (χ4n) is 4.34. The van der Waals surface area contributed by atoms with Crippen molar-refractivity contribution >= 4 is 10.0 Å². The molecule has 1 saturated heterocycles. The molecule has 0 bridgehead atoms. The van der Waals surface area contributed by atoms with E-state index in [1.807, 2.05) is 37.2 Å². The van der Waals surface area contributed by atoms with Crippen molar-refractivity contribution < 1.29 is 8.42 Å². The topological polar surface area (TPSA) is 49.4 Å². The van der Waals surface area contributed by atoms with E-state index >= 15 is 0 Å². The molecule has 1 aromatic rings. The average Bonchev–Trinajstić information content (AvgIpc) is 3.21. The summed E-state index contributed by atoms with van der Waals surface area (Å²) in [4.78, 5) is 0.451. The molecule has 4 nitrogen and oxygen atoms in total. The van der Waals surface area contributed by atoms with Crippen LogP contribution >= 0.6 is 0 Å². The first-order valence-corrected chi connectivity index (χ1v) is 12.3. The van der Waals surface area contributed by atoms with Crippen molar-refractivity contribution in [2.75, 3.05) is 19.6 Å². The summed E-state index contributed by atoms with van der Waals surface area (Å²) >= 11 is 0. The quantitative estimate of drug-likeness (QED) is 0.727. The summed E-state index contributed by atoms with van der Waals surface area (Å²) in [6.45, 7) is 8.44. The van der Waals surface area contributed by atoms with E-state index in [1.54, 1.807) is 12.1 Å². The highest BCUT2D eigenvalue weighted by atomic mass is 32.2. The predicted molar refractivity (Wildman–Crippen MR) is 114 cm³/mol. The Hall–Kier alpha value is -0.910. The second kappa shape index (κ2) is 11.2. The Morgan fingerprint density at radius 1 is 1.07 bits per heavy atom. The van der Waals surface area contributed by atoms with Crippen molar-refractivity contribution in [1.82, 2.24) is 9.62 Å². The van der Waals surface area contributed by atoms with Gasteiger partial charge in [-0.15, -0.1) is 0 Å². The number of nitrogens with one attached hydrogen (secondary N) is 1. The van der Waals surface area contributed by atoms with E-state index in [0.29, 0.717) is 11.4 Å². The van der Waals surface area contributed by atoms with Crippen LogP contribution in [0, 0.1) is 12.8 Å². The molecule has 154 valence electrons. The number of hydrogen-bond acceptors (Lipinski definition) is 3. The molecule has 0 radical (unpaired) electrons. The Morgan fingerprint density at radius 2 is 1.74 bits per heavy atom. The van der Waals surface area contributed by atoms with Gasteiger partial charge >= 0.3 is 0 Å². The maximum atomic E-state index is 13.3. The Morgan fingerprint density at radius 3 is 2.37 bits per heavy atom. The van der Waals surface area contributed by atoms with Gasteiger partial charge < -0.3 is 5.32 Å². The first-order valence-electron chi connectivity index (χ1n) is 10.9. The second-order valence-electron chi connectivity index (χ2n) is 7.71. The van der Waals surface area contributed by atoms with Crippen LogP contribution < -0.4 is 5.32 Å². The lowest BCUT2D eigenvalue weighted by Gasteiger charge is -2.34. The largest absolute Gasteiger partial charge is 0.317 e. The number of rotatable bonds is 7. The van der Waals surface area contributed by atoms with Crippen LogP contribution in [0.1, 0.15) is 70.8 Å². The van der Waals surface area contributed by atoms with E-state index in [0.717, 1.165) is 43.8 Å². The van der Waals surface area contributed by atoms with E-state index in [4.69, 9.17) is 0 Å². The summed E-state index contributed by atoms with van der Waals surface area (Å²) in [5.74, 6) is 0.816. The standard InChI is InChI=1S/C20H32N2O2S.C2H6/c1-17-6-4-10-20(16-17)25(23,24)22(19-11-13-21-14-12-19)15-5-9-18-7-2-3-8-18;1-2/h4,6,10,16,18-19,21H,2-3,5,7-9,11-15H2,1H3;1-2H3. The molecule has 0 spiro atoms. The third-order valence-corrected chi connectivity index (χ3v) is 7.73. The van der Waals surface area contributed by atoms with Crippen molar-refractivity contribution in [3.63, 3.8) is 0 Å². The monoisotopic (exact) mass is 394 g/mol. The number of hydrogen-bond donors (Lipinski definition) is 1. The Bertz CT molecular complexity index is 648. The van der Waals surface area contributed by atoms with Gasteiger partial charge in [-0.3, -0.25) is 0 Å². The van der Waals surface area contributed by atoms with Crippen LogP contribution in [0.25, 0.3) is 0 Å². The van der Waals surface area contributed by atoms with Gasteiger partial charge in [-0.1, -0.05) is 51.7 Å². The van der Waals surface area contributed by atoms with Crippen LogP contribution in [0.4, 0.5) is 0 Å². The highest BCUT2D eigenvalue weighted by molar-refractivity contribution is 7.89. The van der Waals surface area contributed by atoms with Gasteiger partial charge in [0.05, 0.1) is 4.90 Å². The first kappa shape index (κ1) is 22.4. The molecule has 1 heterocycles. The van der Waals surface area contributed by atoms with Gasteiger partial charge in [-0.25, -0.2) is 8.42 Å². The molecule has 27 heavy (non-hydrogen) atoms. The van der Waals surface area contributed by atoms with Crippen molar-refractivity contribution in [3.8, 4) is 0 Å². The number of nitrogens with zero attached hydrogens (tertiary/aromatic N) is 1. The lowest BCUT2D eigenvalue weighted by atomic mass is 10.0. The zero-order chi connectivity index (χ0) is 19.7. The van der Waals surface area contributed by atoms with Gasteiger partial charge in [0.25, 0.3) is 0 Å². The zero-order valence-electron chi connectivity index (χ0n) is 17.4. The van der Waals surface area contributed by atoms with E-state index in [-0.39, 0.29) is 6.04 Å². The minimum Gasteiger partial charge on any atom is -0.317 e. The maximum Gasteiger partial charge on any atom is 0.243 e. The van der Waals surface area contributed by atoms with E-state index in [9.17, 15) is 8.42 Å². The Balaban J connectivity index is 0.00000126. The summed E-state index contributed by atoms with van der Waals surface area (Å²) in [6, 6.07) is 7.48. The predicted octanol–water partition coefficient (Wildman–Crippen LogP) is 4.73. The Labute approximate surface area is 166 Å². The molecule has 1 aliphatic carbocycles. The molecule has 2 fully saturated rings. The molecular formula is C22H38N2O2S. The smallest absolute Gasteiger partial charge is 0.243 e. The fourth-order valence-corrected chi connectivity index (χ4v) is 6.17. The van der Waals surface area contributed by atoms with Crippen LogP contribution in [0.5, 0.6) is 0 Å². The van der Waals surface area contributed by atoms with Crippen LogP contribution in [-0.2, 0) is 10.0 Å². The number of aryl methyl sites for hydroxylation is 1. The molecule has 0 amide bonds. The normalized spacial score (nSPS) is 19.1. The minimum atomic E-state index is -3.41. The third-order valence-electron chi connectivity index (χ3n) is 5.78. The lowest BCUT2D eigenvalue weighted by Crippen LogP contribution is -2.46. The summed E-state index contributed by atoms with van der Waals surface area (Å²) in [7, 11) is -3.41. The lowest BCUT2D eigenvalue weighted by molar-refractivity contribution is 0.254. The molecule has 1 aliphatic heterocycles. The van der Waals surface area contributed by atoms with Crippen LogP contribution in [0.15, 0.2) is 29.2 Å². The number of piperidine rings is 1. The summed E-state index contributed by atoms with van der Waals surface area (Å²) < 4.78 is 28.5. The van der Waals surface area contributed by atoms with Gasteiger partial charge in [0.1, 0.15) is 0 Å². The highest BCUT2D eigenvalue weighted by Crippen LogP contribution is 2.30. The molecule has 1 aromatic carbocycles. The molecular weight excluding hydrogens is 356 g/mol. The van der Waals surface area contributed by atoms with Gasteiger partial charge in [0, 0.05) is 12.6 Å². The van der Waals surface area contributed by atoms with Crippen molar-refractivity contribution in [1.29, 1.82) is 0 Å². The minimum absolute atomic E-state index is 0.135. The molecule has 0 aromatic heterocycles. The Kier molecular flexibility index (Phi) is 9.27. The highest BCUT2D eigenvalue weighted by Gasteiger charge is 2.32. The van der Waals surface area contributed by atoms with Crippen molar-refractivity contribution in [2.45, 2.75) is 83.1 Å². The van der Waals surface area contributed by atoms with Gasteiger partial charge in [0.15, 0.2) is 0 Å². The SMILES string of the molecule is CC.Cc1cccc(S(=O)(=O)N(CCCC2CCCC2)C2CCNCC2)c1. The molecule has 2 aliphatic rings. The van der Waals surface area contributed by atoms with Crippen LogP contribution in [0.3, 0.4) is 0 Å². The molecule has 1 N–H and O–H groups in total. The van der Waals surface area contributed by atoms with Crippen LogP contribution in [-0.4, -0.2) is 38.4 Å². The average molecular weight is 395 g/mol. The summed E-state index contributed by atoms with van der Waals surface area (Å²) in [5.41, 5.74) is 0.997. The molecule has 0 unspecified atom stereocenters. The van der Waals surface area contributed by atoms with Crippen LogP contribution in [0.2, 0.25) is 0 Å². The maximum absolute atomic E-state index is 13.3. The number of sulfonamides is 1. The molecule has 5 heteroatoms. The van der Waals surface area contributed by atoms with Gasteiger partial charge in [-0.05, 0) is 69.3 Å². The van der Waals surface area contributed by atoms with Crippen molar-refractivity contribution in [2.24, 2.45) is 5.92 Å².